The summed E-state index contributed by atoms with van der Waals surface area (Å²) < 4.78 is 0. The lowest BCUT2D eigenvalue weighted by molar-refractivity contribution is -0.143. The summed E-state index contributed by atoms with van der Waals surface area (Å²) in [6.07, 6.45) is -1.88. The van der Waals surface area contributed by atoms with Crippen LogP contribution in [-0.2, 0) is 76.8 Å². The molecule has 0 unspecified atom stereocenters. The van der Waals surface area contributed by atoms with Crippen LogP contribution in [0.25, 0.3) is 0 Å². The van der Waals surface area contributed by atoms with Crippen molar-refractivity contribution in [3.8, 4) is 5.75 Å². The van der Waals surface area contributed by atoms with E-state index in [2.05, 4.69) is 47.9 Å². The van der Waals surface area contributed by atoms with Gasteiger partial charge in [-0.15, -0.1) is 0 Å². The summed E-state index contributed by atoms with van der Waals surface area (Å²) in [5.41, 5.74) is 13.0. The van der Waals surface area contributed by atoms with Crippen LogP contribution < -0.4 is 59.3 Å². The van der Waals surface area contributed by atoms with Gasteiger partial charge < -0.3 is 79.5 Å². The first kappa shape index (κ1) is 73.5. The average Bonchev–Trinajstić information content (AvgIpc) is 1.64. The van der Waals surface area contributed by atoms with Gasteiger partial charge in [-0.05, 0) is 86.1 Å². The largest absolute Gasteiger partial charge is 0.508 e. The van der Waals surface area contributed by atoms with Gasteiger partial charge in [-0.3, -0.25) is 57.5 Å². The van der Waals surface area contributed by atoms with E-state index in [1.807, 2.05) is 0 Å². The minimum atomic E-state index is -1.81. The molecular weight excluding hydrogens is 1160 g/mol. The molecule has 0 spiro atoms. The Balaban J connectivity index is 1.55. The number of phenolic OH excluding ortho intramolecular Hbond substituents is 1. The molecule has 0 aromatic heterocycles. The molecule has 16 N–H and O–H groups in total. The first-order valence-corrected chi connectivity index (χ1v) is 30.3. The number of carbonyl (C=O) groups is 12. The maximum Gasteiger partial charge on any atom is 0.303 e. The van der Waals surface area contributed by atoms with E-state index in [1.54, 1.807) is 102 Å². The van der Waals surface area contributed by atoms with Crippen molar-refractivity contribution < 1.29 is 72.9 Å². The summed E-state index contributed by atoms with van der Waals surface area (Å²) in [4.78, 5) is 165. The molecule has 492 valence electrons. The number of nitrogens with zero attached hydrogens (tertiary/aromatic N) is 1. The number of nitrogens with one attached hydrogen (secondary N) is 9. The highest BCUT2D eigenvalue weighted by molar-refractivity contribution is 5.99. The van der Waals surface area contributed by atoms with Crippen LogP contribution in [0.2, 0.25) is 0 Å². The van der Waals surface area contributed by atoms with E-state index < -0.39 is 169 Å². The highest BCUT2D eigenvalue weighted by Gasteiger charge is 2.42. The molecule has 0 radical (unpaired) electrons. The summed E-state index contributed by atoms with van der Waals surface area (Å²) in [6.45, 7) is 12.5. The van der Waals surface area contributed by atoms with E-state index in [1.165, 1.54) is 43.0 Å². The Morgan fingerprint density at radius 1 is 0.567 bits per heavy atom. The molecule has 1 aliphatic heterocycles. The fourth-order valence-electron chi connectivity index (χ4n) is 9.94. The Labute approximate surface area is 524 Å². The molecule has 1 saturated heterocycles. The number of rotatable bonds is 35. The zero-order valence-corrected chi connectivity index (χ0v) is 52.3. The van der Waals surface area contributed by atoms with Crippen molar-refractivity contribution >= 4 is 70.9 Å². The van der Waals surface area contributed by atoms with E-state index in [-0.39, 0.29) is 50.3 Å². The smallest absolute Gasteiger partial charge is 0.303 e. The summed E-state index contributed by atoms with van der Waals surface area (Å²) in [5.74, 6) is -11.6. The molecule has 90 heavy (non-hydrogen) atoms. The van der Waals surface area contributed by atoms with Crippen LogP contribution in [0.5, 0.6) is 5.75 Å². The highest BCUT2D eigenvalue weighted by Crippen LogP contribution is 2.23. The van der Waals surface area contributed by atoms with Gasteiger partial charge in [0.15, 0.2) is 0 Å². The third-order valence-electron chi connectivity index (χ3n) is 15.3. The van der Waals surface area contributed by atoms with Crippen molar-refractivity contribution in [2.24, 2.45) is 29.2 Å². The number of phenols is 1. The maximum atomic E-state index is 14.6. The lowest BCUT2D eigenvalue weighted by atomic mass is 9.96. The van der Waals surface area contributed by atoms with Crippen molar-refractivity contribution in [1.29, 1.82) is 0 Å². The molecule has 1 heterocycles. The number of hydrogen-bond acceptors (Lipinski definition) is 15. The summed E-state index contributed by atoms with van der Waals surface area (Å²) in [6, 6.07) is 9.94. The van der Waals surface area contributed by atoms with Gasteiger partial charge in [-0.2, -0.15) is 0 Å². The Kier molecular flexibility index (Phi) is 29.3. The van der Waals surface area contributed by atoms with Crippen LogP contribution in [0.3, 0.4) is 0 Å². The second-order valence-electron chi connectivity index (χ2n) is 23.6. The van der Waals surface area contributed by atoms with E-state index in [0.29, 0.717) is 24.0 Å². The number of hydrogen-bond donors (Lipinski definition) is 14. The van der Waals surface area contributed by atoms with Gasteiger partial charge in [0.25, 0.3) is 0 Å². The quantitative estimate of drug-likeness (QED) is 0.0344. The fraction of sp³-hybridized carbons (Fsp3) is 0.524. The van der Waals surface area contributed by atoms with Gasteiger partial charge in [-0.25, -0.2) is 0 Å². The van der Waals surface area contributed by atoms with Crippen molar-refractivity contribution in [1.82, 2.24) is 52.8 Å². The molecule has 11 amide bonds. The molecule has 4 rings (SSSR count). The standard InChI is InChI=1S/C63H90N12O15/c1-9-36(6)52(73-60(87)48-21-16-28-75(48)63(90)51(35(4)5)72-58(85)46(69-55(82)37(7)64)30-39-17-12-10-13-18-39)61(88)71-47(31-40-19-14-11-15-20-40)59(86)74-53(38(8)76)62(89)70-45(32-41-22-24-42(77)25-23-41)56(83)66-33-49(78)67-43(26-27-50(79)80)57(84)68-44(54(65)81)29-34(2)3/h10-15,17-20,22-25,34-38,43-48,51-53,76-77H,9,16,21,26-33,64H2,1-8H3,(H2,65,81)(H,66,83)(H,67,78)(H,68,84)(H,69,82)(H,70,89)(H,71,88)(H,72,85)(H,73,87)(H,74,86)(H,79,80)/t36-,37-,38+,43-,44-,45-,46-,47-,48-,51-,52-,53-/m0/s1. The Bertz CT molecular complexity index is 2950. The number of aliphatic hydroxyl groups is 1. The normalized spacial score (nSPS) is 16.6. The number of aliphatic hydroxyl groups excluding tert-OH is 1. The number of carbonyl (C=O) groups excluding carboxylic acids is 11. The number of aliphatic carboxylic acids is 1. The van der Waals surface area contributed by atoms with E-state index >= 15 is 0 Å². The number of amides is 11. The van der Waals surface area contributed by atoms with Gasteiger partial charge in [0.1, 0.15) is 60.1 Å². The summed E-state index contributed by atoms with van der Waals surface area (Å²) in [7, 11) is 0. The Morgan fingerprint density at radius 2 is 1.04 bits per heavy atom. The van der Waals surface area contributed by atoms with Crippen LogP contribution >= 0.6 is 0 Å². The monoisotopic (exact) mass is 1250 g/mol. The second-order valence-corrected chi connectivity index (χ2v) is 23.6. The Hall–Kier alpha value is -8.98. The topological polar surface area (TPSA) is 429 Å². The number of carboxylic acids is 1. The zero-order chi connectivity index (χ0) is 66.9. The summed E-state index contributed by atoms with van der Waals surface area (Å²) in [5, 5.41) is 53.7. The number of likely N-dealkylation sites (tertiary alicyclic amines) is 1. The Morgan fingerprint density at radius 3 is 1.52 bits per heavy atom. The predicted octanol–water partition coefficient (Wildman–Crippen LogP) is -0.768. The van der Waals surface area contributed by atoms with E-state index in [4.69, 9.17) is 11.5 Å². The molecule has 1 aliphatic rings. The third kappa shape index (κ3) is 23.5. The SMILES string of the molecule is CC[C@H](C)[C@H](NC(=O)[C@@H]1CCCN1C(=O)[C@@H](NC(=O)[C@H](Cc1ccccc1)NC(=O)[C@H](C)N)C(C)C)C(=O)N[C@@H](Cc1ccccc1)C(=O)N[C@H](C(=O)N[C@@H](Cc1ccc(O)cc1)C(=O)NCC(=O)N[C@@H](CCC(=O)O)C(=O)N[C@@H](CC(C)C)C(N)=O)[C@@H](C)O. The first-order valence-electron chi connectivity index (χ1n) is 30.3. The summed E-state index contributed by atoms with van der Waals surface area (Å²) >= 11 is 0. The molecular formula is C63H90N12O15. The number of aromatic hydroxyl groups is 1. The number of nitrogens with two attached hydrogens (primary N) is 2. The van der Waals surface area contributed by atoms with Crippen LogP contribution in [-0.4, -0.2) is 171 Å². The molecule has 27 heteroatoms. The van der Waals surface area contributed by atoms with Gasteiger partial charge in [0.05, 0.1) is 18.7 Å². The maximum absolute atomic E-state index is 14.6. The number of carboxylic acid groups (broad SMARTS) is 1. The molecule has 3 aromatic carbocycles. The van der Waals surface area contributed by atoms with Gasteiger partial charge in [-0.1, -0.05) is 121 Å². The molecule has 3 aromatic rings. The highest BCUT2D eigenvalue weighted by atomic mass is 16.4. The van der Waals surface area contributed by atoms with Gasteiger partial charge in [0.2, 0.25) is 65.0 Å². The number of benzene rings is 3. The zero-order valence-electron chi connectivity index (χ0n) is 52.3. The first-order chi connectivity index (χ1) is 42.5. The van der Waals surface area contributed by atoms with Crippen LogP contribution in [0, 0.1) is 17.8 Å². The van der Waals surface area contributed by atoms with Gasteiger partial charge >= 0.3 is 5.97 Å². The van der Waals surface area contributed by atoms with E-state index in [9.17, 15) is 72.9 Å². The second kappa shape index (κ2) is 35.9. The van der Waals surface area contributed by atoms with Crippen molar-refractivity contribution in [3.63, 3.8) is 0 Å². The predicted molar refractivity (Wildman–Crippen MR) is 330 cm³/mol. The molecule has 0 bridgehead atoms. The van der Waals surface area contributed by atoms with E-state index in [0.717, 1.165) is 5.56 Å². The lowest BCUT2D eigenvalue weighted by Gasteiger charge is -2.33. The van der Waals surface area contributed by atoms with Crippen LogP contribution in [0.4, 0.5) is 0 Å². The van der Waals surface area contributed by atoms with Crippen molar-refractivity contribution in [2.75, 3.05) is 13.1 Å². The number of primary amides is 1. The lowest BCUT2D eigenvalue weighted by Crippen LogP contribution is -2.62. The van der Waals surface area contributed by atoms with Gasteiger partial charge in [0, 0.05) is 32.2 Å². The molecule has 0 saturated carbocycles. The van der Waals surface area contributed by atoms with Crippen molar-refractivity contribution in [3.05, 3.63) is 102 Å². The molecule has 0 aliphatic carbocycles. The molecule has 27 nitrogen and oxygen atoms in total. The molecule has 1 fully saturated rings. The van der Waals surface area contributed by atoms with Crippen LogP contribution in [0.1, 0.15) is 111 Å². The molecule has 12 atom stereocenters. The average molecular weight is 1260 g/mol. The fourth-order valence-corrected chi connectivity index (χ4v) is 9.94. The minimum Gasteiger partial charge on any atom is -0.508 e. The minimum absolute atomic E-state index is 0.0863. The van der Waals surface area contributed by atoms with Crippen LogP contribution in [0.15, 0.2) is 84.9 Å². The third-order valence-corrected chi connectivity index (χ3v) is 15.3. The van der Waals surface area contributed by atoms with Crippen molar-refractivity contribution in [2.45, 2.75) is 180 Å².